The van der Waals surface area contributed by atoms with Crippen LogP contribution in [0.15, 0.2) is 53.1 Å². The van der Waals surface area contributed by atoms with E-state index in [0.29, 0.717) is 29.8 Å². The van der Waals surface area contributed by atoms with Gasteiger partial charge >= 0.3 is 0 Å². The summed E-state index contributed by atoms with van der Waals surface area (Å²) < 4.78 is 11.6. The fourth-order valence-electron chi connectivity index (χ4n) is 3.16. The highest BCUT2D eigenvalue weighted by atomic mass is 16.5. The molecule has 8 nitrogen and oxygen atoms in total. The fraction of sp³-hybridized carbons (Fsp3) is 0.300. The van der Waals surface area contributed by atoms with Gasteiger partial charge in [0.15, 0.2) is 11.6 Å². The van der Waals surface area contributed by atoms with Crippen molar-refractivity contribution in [2.75, 3.05) is 11.9 Å². The number of fused-ring (bicyclic) bond motifs is 1. The summed E-state index contributed by atoms with van der Waals surface area (Å²) in [6.07, 6.45) is 1.82. The van der Waals surface area contributed by atoms with Gasteiger partial charge in [0, 0.05) is 13.2 Å². The molecule has 0 spiro atoms. The van der Waals surface area contributed by atoms with Crippen LogP contribution in [0.3, 0.4) is 0 Å². The van der Waals surface area contributed by atoms with Crippen LogP contribution in [0.1, 0.15) is 24.3 Å². The molecule has 0 aliphatic carbocycles. The summed E-state index contributed by atoms with van der Waals surface area (Å²) in [4.78, 5) is 18.6. The highest BCUT2D eigenvalue weighted by molar-refractivity contribution is 5.98. The van der Waals surface area contributed by atoms with Crippen molar-refractivity contribution in [3.05, 3.63) is 66.0 Å². The third-order valence-corrected chi connectivity index (χ3v) is 4.63. The number of likely N-dealkylation sites (N-methyl/N-ethyl adjacent to an activating group) is 1. The third-order valence-electron chi connectivity index (χ3n) is 4.63. The molecule has 1 aliphatic rings. The lowest BCUT2D eigenvalue weighted by atomic mass is 10.1. The number of hydrogen-bond donors (Lipinski definition) is 1. The summed E-state index contributed by atoms with van der Waals surface area (Å²) in [7, 11) is 1.69. The monoisotopic (exact) mass is 379 g/mol. The molecule has 0 saturated carbocycles. The van der Waals surface area contributed by atoms with E-state index in [1.165, 1.54) is 4.90 Å². The number of carbonyl (C=O) groups is 1. The second-order valence-corrected chi connectivity index (χ2v) is 6.66. The molecule has 1 amide bonds. The van der Waals surface area contributed by atoms with E-state index in [0.717, 1.165) is 5.56 Å². The van der Waals surface area contributed by atoms with E-state index < -0.39 is 6.04 Å². The Bertz CT molecular complexity index is 959. The maximum atomic E-state index is 12.9. The topological polar surface area (TPSA) is 93.4 Å². The third kappa shape index (κ3) is 3.72. The average molecular weight is 379 g/mol. The van der Waals surface area contributed by atoms with Crippen molar-refractivity contribution in [2.24, 2.45) is 0 Å². The van der Waals surface area contributed by atoms with Crippen molar-refractivity contribution in [3.63, 3.8) is 0 Å². The molecular formula is C20H21N5O3. The molecule has 0 bridgehead atoms. The second kappa shape index (κ2) is 7.77. The molecular weight excluding hydrogens is 358 g/mol. The highest BCUT2D eigenvalue weighted by Gasteiger charge is 2.35. The molecule has 0 fully saturated rings. The smallest absolute Gasteiger partial charge is 0.248 e. The SMILES string of the molecule is C[C@H]1Oc2cccnc2N(C)C(=O)[C@H]1NCc1nnc(Cc2ccccc2)o1. The van der Waals surface area contributed by atoms with Crippen molar-refractivity contribution in [2.45, 2.75) is 32.0 Å². The van der Waals surface area contributed by atoms with E-state index in [2.05, 4.69) is 20.5 Å². The first kappa shape index (κ1) is 18.1. The normalized spacial score (nSPS) is 19.1. The second-order valence-electron chi connectivity index (χ2n) is 6.66. The van der Waals surface area contributed by atoms with Gasteiger partial charge in [-0.15, -0.1) is 10.2 Å². The molecule has 1 aliphatic heterocycles. The molecule has 4 rings (SSSR count). The number of nitrogens with zero attached hydrogens (tertiary/aromatic N) is 4. The van der Waals surface area contributed by atoms with Crippen LogP contribution >= 0.6 is 0 Å². The quantitative estimate of drug-likeness (QED) is 0.724. The first-order valence-corrected chi connectivity index (χ1v) is 9.09. The van der Waals surface area contributed by atoms with Gasteiger partial charge in [0.2, 0.25) is 17.7 Å². The molecule has 0 saturated heterocycles. The number of nitrogens with one attached hydrogen (secondary N) is 1. The summed E-state index contributed by atoms with van der Waals surface area (Å²) in [5.74, 6) is 1.92. The molecule has 2 aromatic heterocycles. The van der Waals surface area contributed by atoms with Gasteiger partial charge in [0.25, 0.3) is 0 Å². The Morgan fingerprint density at radius 1 is 1.11 bits per heavy atom. The number of rotatable bonds is 5. The Kier molecular flexibility index (Phi) is 5.03. The fourth-order valence-corrected chi connectivity index (χ4v) is 3.16. The van der Waals surface area contributed by atoms with Crippen molar-refractivity contribution < 1.29 is 13.9 Å². The Morgan fingerprint density at radius 2 is 1.89 bits per heavy atom. The lowest BCUT2D eigenvalue weighted by molar-refractivity contribution is -0.121. The predicted molar refractivity (Wildman–Crippen MR) is 102 cm³/mol. The van der Waals surface area contributed by atoms with Gasteiger partial charge < -0.3 is 9.15 Å². The van der Waals surface area contributed by atoms with E-state index in [9.17, 15) is 4.79 Å². The Morgan fingerprint density at radius 3 is 2.71 bits per heavy atom. The van der Waals surface area contributed by atoms with E-state index in [1.807, 2.05) is 37.3 Å². The largest absolute Gasteiger partial charge is 0.485 e. The van der Waals surface area contributed by atoms with Gasteiger partial charge in [-0.3, -0.25) is 15.0 Å². The van der Waals surface area contributed by atoms with Crippen LogP contribution in [0.5, 0.6) is 5.75 Å². The van der Waals surface area contributed by atoms with Crippen molar-refractivity contribution in [1.82, 2.24) is 20.5 Å². The average Bonchev–Trinajstić information content (AvgIpc) is 3.12. The summed E-state index contributed by atoms with van der Waals surface area (Å²) in [5, 5.41) is 11.3. The maximum absolute atomic E-state index is 12.9. The molecule has 2 atom stereocenters. The summed E-state index contributed by atoms with van der Waals surface area (Å²) in [5.41, 5.74) is 1.10. The van der Waals surface area contributed by atoms with Gasteiger partial charge in [-0.1, -0.05) is 30.3 Å². The van der Waals surface area contributed by atoms with Gasteiger partial charge in [-0.25, -0.2) is 4.98 Å². The lowest BCUT2D eigenvalue weighted by Crippen LogP contribution is -2.51. The van der Waals surface area contributed by atoms with Crippen LogP contribution in [0.2, 0.25) is 0 Å². The van der Waals surface area contributed by atoms with E-state index in [4.69, 9.17) is 9.15 Å². The summed E-state index contributed by atoms with van der Waals surface area (Å²) in [6, 6.07) is 12.9. The van der Waals surface area contributed by atoms with Crippen molar-refractivity contribution in [3.8, 4) is 5.75 Å². The van der Waals surface area contributed by atoms with E-state index in [-0.39, 0.29) is 18.6 Å². The number of hydrogen-bond acceptors (Lipinski definition) is 7. The van der Waals surface area contributed by atoms with Gasteiger partial charge in [0.1, 0.15) is 12.1 Å². The molecule has 144 valence electrons. The minimum Gasteiger partial charge on any atom is -0.485 e. The lowest BCUT2D eigenvalue weighted by Gasteiger charge is -2.22. The van der Waals surface area contributed by atoms with Crippen LogP contribution in [0.25, 0.3) is 0 Å². The highest BCUT2D eigenvalue weighted by Crippen LogP contribution is 2.29. The van der Waals surface area contributed by atoms with Crippen LogP contribution in [0.4, 0.5) is 5.82 Å². The van der Waals surface area contributed by atoms with Gasteiger partial charge in [-0.2, -0.15) is 0 Å². The zero-order valence-corrected chi connectivity index (χ0v) is 15.7. The van der Waals surface area contributed by atoms with Gasteiger partial charge in [0.05, 0.1) is 13.0 Å². The van der Waals surface area contributed by atoms with Crippen molar-refractivity contribution in [1.29, 1.82) is 0 Å². The Hall–Kier alpha value is -3.26. The first-order chi connectivity index (χ1) is 13.6. The zero-order chi connectivity index (χ0) is 19.5. The molecule has 1 aromatic carbocycles. The predicted octanol–water partition coefficient (Wildman–Crippen LogP) is 1.96. The van der Waals surface area contributed by atoms with Gasteiger partial charge in [-0.05, 0) is 24.6 Å². The van der Waals surface area contributed by atoms with Crippen LogP contribution in [-0.4, -0.2) is 40.3 Å². The minimum atomic E-state index is -0.566. The number of ether oxygens (including phenoxy) is 1. The molecule has 0 unspecified atom stereocenters. The minimum absolute atomic E-state index is 0.131. The van der Waals surface area contributed by atoms with E-state index >= 15 is 0 Å². The van der Waals surface area contributed by atoms with Crippen molar-refractivity contribution >= 4 is 11.7 Å². The van der Waals surface area contributed by atoms with E-state index in [1.54, 1.807) is 25.4 Å². The number of anilines is 1. The summed E-state index contributed by atoms with van der Waals surface area (Å²) in [6.45, 7) is 2.11. The number of aromatic nitrogens is 3. The molecule has 1 N–H and O–H groups in total. The molecule has 3 aromatic rings. The zero-order valence-electron chi connectivity index (χ0n) is 15.7. The Balaban J connectivity index is 1.43. The maximum Gasteiger partial charge on any atom is 0.248 e. The number of carbonyl (C=O) groups excluding carboxylic acids is 1. The first-order valence-electron chi connectivity index (χ1n) is 9.09. The molecule has 0 radical (unpaired) electrons. The molecule has 28 heavy (non-hydrogen) atoms. The van der Waals surface area contributed by atoms with Crippen LogP contribution < -0.4 is 15.0 Å². The summed E-state index contributed by atoms with van der Waals surface area (Å²) >= 11 is 0. The number of amides is 1. The van der Waals surface area contributed by atoms with Crippen LogP contribution in [0, 0.1) is 0 Å². The number of benzene rings is 1. The molecule has 8 heteroatoms. The molecule has 3 heterocycles. The standard InChI is InChI=1S/C20H21N5O3/c1-13-18(20(26)25(2)19-15(27-13)9-6-10-21-19)22-12-17-24-23-16(28-17)11-14-7-4-3-5-8-14/h3-10,13,18,22H,11-12H2,1-2H3/t13-,18+/m1/s1. The Labute approximate surface area is 162 Å². The van der Waals surface area contributed by atoms with Crippen LogP contribution in [-0.2, 0) is 17.8 Å². The number of pyridine rings is 1.